The van der Waals surface area contributed by atoms with E-state index in [1.54, 1.807) is 17.4 Å². The van der Waals surface area contributed by atoms with Crippen LogP contribution in [0.3, 0.4) is 0 Å². The molecule has 0 aliphatic carbocycles. The van der Waals surface area contributed by atoms with E-state index in [9.17, 15) is 4.79 Å². The van der Waals surface area contributed by atoms with Crippen molar-refractivity contribution in [2.75, 3.05) is 24.7 Å². The number of nitrogens with two attached hydrogens (primary N) is 1. The molecule has 0 saturated heterocycles. The van der Waals surface area contributed by atoms with Crippen LogP contribution in [0.1, 0.15) is 21.6 Å². The largest absolute Gasteiger partial charge is 0.465 e. The van der Waals surface area contributed by atoms with Gasteiger partial charge in [0, 0.05) is 29.7 Å². The summed E-state index contributed by atoms with van der Waals surface area (Å²) in [5.41, 5.74) is 11.3. The molecule has 0 spiro atoms. The zero-order valence-corrected chi connectivity index (χ0v) is 12.3. The van der Waals surface area contributed by atoms with Crippen LogP contribution < -0.4 is 11.1 Å². The summed E-state index contributed by atoms with van der Waals surface area (Å²) in [6.07, 6.45) is 0.834. The molecule has 0 aliphatic heterocycles. The molecule has 0 atom stereocenters. The van der Waals surface area contributed by atoms with Crippen LogP contribution in [0.2, 0.25) is 0 Å². The summed E-state index contributed by atoms with van der Waals surface area (Å²) in [7, 11) is 1.35. The van der Waals surface area contributed by atoms with E-state index >= 15 is 0 Å². The van der Waals surface area contributed by atoms with Gasteiger partial charge in [0.15, 0.2) is 0 Å². The zero-order chi connectivity index (χ0) is 14.5. The summed E-state index contributed by atoms with van der Waals surface area (Å²) in [4.78, 5) is 15.9. The van der Waals surface area contributed by atoms with Crippen LogP contribution in [-0.2, 0) is 11.2 Å². The lowest BCUT2D eigenvalue weighted by atomic mass is 10.1. The van der Waals surface area contributed by atoms with E-state index in [-0.39, 0.29) is 0 Å². The average molecular weight is 291 g/mol. The summed E-state index contributed by atoms with van der Waals surface area (Å²) in [6, 6.07) is 3.64. The number of hydrogen-bond acceptors (Lipinski definition) is 6. The van der Waals surface area contributed by atoms with Crippen molar-refractivity contribution in [3.8, 4) is 0 Å². The van der Waals surface area contributed by atoms with Crippen LogP contribution in [0, 0.1) is 6.92 Å². The number of aromatic nitrogens is 1. The fourth-order valence-electron chi connectivity index (χ4n) is 1.88. The predicted molar refractivity (Wildman–Crippen MR) is 81.2 cm³/mol. The van der Waals surface area contributed by atoms with Crippen LogP contribution in [0.4, 0.5) is 11.4 Å². The summed E-state index contributed by atoms with van der Waals surface area (Å²) < 4.78 is 4.74. The predicted octanol–water partition coefficient (Wildman–Crippen LogP) is 2.47. The van der Waals surface area contributed by atoms with Crippen molar-refractivity contribution in [1.29, 1.82) is 0 Å². The topological polar surface area (TPSA) is 77.2 Å². The Labute approximate surface area is 121 Å². The quantitative estimate of drug-likeness (QED) is 0.653. The van der Waals surface area contributed by atoms with E-state index in [4.69, 9.17) is 10.5 Å². The lowest BCUT2D eigenvalue weighted by Crippen LogP contribution is -2.10. The van der Waals surface area contributed by atoms with Gasteiger partial charge in [0.2, 0.25) is 0 Å². The number of carbonyl (C=O) groups excluding carboxylic acids is 1. The van der Waals surface area contributed by atoms with Gasteiger partial charge in [-0.25, -0.2) is 9.78 Å². The molecule has 2 rings (SSSR count). The van der Waals surface area contributed by atoms with Crippen molar-refractivity contribution >= 4 is 28.7 Å². The number of esters is 1. The SMILES string of the molecule is COC(=O)c1cc(NCCc2cscn2)cc(C)c1N. The first-order valence-electron chi connectivity index (χ1n) is 6.21. The number of rotatable bonds is 5. The molecule has 20 heavy (non-hydrogen) atoms. The lowest BCUT2D eigenvalue weighted by Gasteiger charge is -2.12. The van der Waals surface area contributed by atoms with Crippen LogP contribution in [0.5, 0.6) is 0 Å². The van der Waals surface area contributed by atoms with E-state index in [0.29, 0.717) is 11.3 Å². The monoisotopic (exact) mass is 291 g/mol. The van der Waals surface area contributed by atoms with Gasteiger partial charge in [-0.05, 0) is 24.6 Å². The molecule has 1 aromatic heterocycles. The van der Waals surface area contributed by atoms with Gasteiger partial charge in [0.1, 0.15) is 0 Å². The van der Waals surface area contributed by atoms with Crippen molar-refractivity contribution in [2.45, 2.75) is 13.3 Å². The Morgan fingerprint density at radius 3 is 2.95 bits per heavy atom. The Balaban J connectivity index is 2.08. The molecule has 5 nitrogen and oxygen atoms in total. The number of hydrogen-bond donors (Lipinski definition) is 2. The Bertz CT molecular complexity index is 597. The molecule has 0 saturated carbocycles. The number of aryl methyl sites for hydroxylation is 1. The molecule has 0 aliphatic rings. The Morgan fingerprint density at radius 2 is 2.30 bits per heavy atom. The number of benzene rings is 1. The highest BCUT2D eigenvalue weighted by molar-refractivity contribution is 7.07. The second-order valence-electron chi connectivity index (χ2n) is 4.40. The van der Waals surface area contributed by atoms with Gasteiger partial charge in [-0.2, -0.15) is 0 Å². The minimum absolute atomic E-state index is 0.392. The molecule has 1 aromatic carbocycles. The standard InChI is InChI=1S/C14H17N3O2S/c1-9-5-11(6-12(13(9)15)14(18)19-2)16-4-3-10-7-20-8-17-10/h5-8,16H,3-4,15H2,1-2H3. The third kappa shape index (κ3) is 3.27. The van der Waals surface area contributed by atoms with Gasteiger partial charge < -0.3 is 15.8 Å². The molecule has 1 heterocycles. The lowest BCUT2D eigenvalue weighted by molar-refractivity contribution is 0.0602. The first-order chi connectivity index (χ1) is 9.61. The number of nitrogens with one attached hydrogen (secondary N) is 1. The third-order valence-corrected chi connectivity index (χ3v) is 3.62. The number of methoxy groups -OCH3 is 1. The minimum atomic E-state index is -0.422. The van der Waals surface area contributed by atoms with Gasteiger partial charge in [-0.15, -0.1) is 11.3 Å². The smallest absolute Gasteiger partial charge is 0.340 e. The van der Waals surface area contributed by atoms with Crippen LogP contribution in [-0.4, -0.2) is 24.6 Å². The summed E-state index contributed by atoms with van der Waals surface area (Å²) >= 11 is 1.58. The maximum Gasteiger partial charge on any atom is 0.340 e. The van der Waals surface area contributed by atoms with Gasteiger partial charge >= 0.3 is 5.97 Å². The van der Waals surface area contributed by atoms with Crippen molar-refractivity contribution in [3.63, 3.8) is 0 Å². The molecular weight excluding hydrogens is 274 g/mol. The van der Waals surface area contributed by atoms with Crippen LogP contribution in [0.15, 0.2) is 23.0 Å². The van der Waals surface area contributed by atoms with Crippen molar-refractivity contribution < 1.29 is 9.53 Å². The highest BCUT2D eigenvalue weighted by atomic mass is 32.1. The second-order valence-corrected chi connectivity index (χ2v) is 5.12. The number of thiazole rings is 1. The van der Waals surface area contributed by atoms with E-state index in [1.807, 2.05) is 23.9 Å². The maximum atomic E-state index is 11.7. The number of carbonyl (C=O) groups is 1. The number of nitrogens with zero attached hydrogens (tertiary/aromatic N) is 1. The molecule has 0 bridgehead atoms. The van der Waals surface area contributed by atoms with Gasteiger partial charge in [0.05, 0.1) is 23.9 Å². The molecule has 6 heteroatoms. The van der Waals surface area contributed by atoms with Gasteiger partial charge in [-0.1, -0.05) is 0 Å². The maximum absolute atomic E-state index is 11.7. The first kappa shape index (κ1) is 14.3. The normalized spacial score (nSPS) is 10.3. The first-order valence-corrected chi connectivity index (χ1v) is 7.15. The van der Waals surface area contributed by atoms with E-state index < -0.39 is 5.97 Å². The molecule has 0 radical (unpaired) electrons. The van der Waals surface area contributed by atoms with E-state index in [1.165, 1.54) is 7.11 Å². The average Bonchev–Trinajstić information content (AvgIpc) is 2.95. The summed E-state index contributed by atoms with van der Waals surface area (Å²) in [5, 5.41) is 5.30. The molecule has 2 aromatic rings. The molecule has 3 N–H and O–H groups in total. The molecule has 0 fully saturated rings. The molecule has 106 valence electrons. The van der Waals surface area contributed by atoms with Crippen LogP contribution in [0.25, 0.3) is 0 Å². The third-order valence-electron chi connectivity index (χ3n) is 2.99. The fourth-order valence-corrected chi connectivity index (χ4v) is 2.47. The van der Waals surface area contributed by atoms with Crippen molar-refractivity contribution in [3.05, 3.63) is 39.8 Å². The molecule has 0 unspecified atom stereocenters. The number of ether oxygens (including phenoxy) is 1. The highest BCUT2D eigenvalue weighted by Gasteiger charge is 2.13. The highest BCUT2D eigenvalue weighted by Crippen LogP contribution is 2.23. The Kier molecular flexibility index (Phi) is 4.57. The summed E-state index contributed by atoms with van der Waals surface area (Å²) in [5.74, 6) is -0.422. The fraction of sp³-hybridized carbons (Fsp3) is 0.286. The van der Waals surface area contributed by atoms with Gasteiger partial charge in [0.25, 0.3) is 0 Å². The van der Waals surface area contributed by atoms with Crippen molar-refractivity contribution in [1.82, 2.24) is 4.98 Å². The number of anilines is 2. The Hall–Kier alpha value is -2.08. The van der Waals surface area contributed by atoms with E-state index in [2.05, 4.69) is 10.3 Å². The second kappa shape index (κ2) is 6.38. The summed E-state index contributed by atoms with van der Waals surface area (Å²) in [6.45, 7) is 2.61. The van der Waals surface area contributed by atoms with E-state index in [0.717, 1.165) is 29.9 Å². The zero-order valence-electron chi connectivity index (χ0n) is 11.5. The minimum Gasteiger partial charge on any atom is -0.465 e. The van der Waals surface area contributed by atoms with Crippen molar-refractivity contribution in [2.24, 2.45) is 0 Å². The molecule has 0 amide bonds. The van der Waals surface area contributed by atoms with Crippen LogP contribution >= 0.6 is 11.3 Å². The number of nitrogen functional groups attached to an aromatic ring is 1. The molecular formula is C14H17N3O2S. The Morgan fingerprint density at radius 1 is 1.50 bits per heavy atom. The van der Waals surface area contributed by atoms with Gasteiger partial charge in [-0.3, -0.25) is 0 Å².